The molecule has 0 spiro atoms. The van der Waals surface area contributed by atoms with E-state index in [1.165, 1.54) is 104 Å². The molecule has 2 unspecified atom stereocenters. The Kier molecular flexibility index (Phi) is 11.6. The standard InChI is InChI=1S/C84H57N7/c1-3-18-61(19-4-1)88-76-26-11-7-22-65(76)69-47-55(34-42-80(69)88)57-36-44-82-71(49-57)67-24-9-13-28-78(67)90(82)63-38-30-53(31-39-63)73-51-74(59-16-15-17-60(46-59)75-52-85-75)87-84(86-73)54-32-40-64(41-33-54)91-79-29-14-10-25-68(79)72-50-58(37-45-83(72)91)56-35-43-81-70(48-56)66-23-8-12-27-77(66)89(81)62-20-5-2-6-21-62/h1-33,35-51,55,75,85H,34,52H2. The van der Waals surface area contributed by atoms with Gasteiger partial charge in [-0.2, -0.15) is 0 Å². The van der Waals surface area contributed by atoms with Crippen LogP contribution in [-0.2, 0) is 0 Å². The van der Waals surface area contributed by atoms with Crippen molar-refractivity contribution in [3.05, 3.63) is 313 Å². The average molecular weight is 1160 g/mol. The largest absolute Gasteiger partial charge is 0.310 e. The molecule has 1 saturated heterocycles. The van der Waals surface area contributed by atoms with Gasteiger partial charge in [0, 0.05) is 106 Å². The third-order valence-corrected chi connectivity index (χ3v) is 19.2. The maximum Gasteiger partial charge on any atom is 0.160 e. The number of hydrogen-bond acceptors (Lipinski definition) is 3. The van der Waals surface area contributed by atoms with Gasteiger partial charge in [-0.3, -0.25) is 0 Å². The van der Waals surface area contributed by atoms with Crippen LogP contribution in [0.4, 0.5) is 0 Å². The van der Waals surface area contributed by atoms with Crippen LogP contribution in [0, 0.1) is 0 Å². The molecule has 1 N–H and O–H groups in total. The fourth-order valence-corrected chi connectivity index (χ4v) is 14.8. The zero-order chi connectivity index (χ0) is 59.7. The van der Waals surface area contributed by atoms with Crippen LogP contribution in [0.5, 0.6) is 0 Å². The van der Waals surface area contributed by atoms with Crippen molar-refractivity contribution in [2.24, 2.45) is 0 Å². The highest BCUT2D eigenvalue weighted by Gasteiger charge is 2.24. The first kappa shape index (κ1) is 51.4. The molecule has 17 aromatic rings. The fourth-order valence-electron chi connectivity index (χ4n) is 14.8. The first-order chi connectivity index (χ1) is 45.1. The van der Waals surface area contributed by atoms with E-state index in [-0.39, 0.29) is 5.92 Å². The minimum absolute atomic E-state index is 0.243. The number of para-hydroxylation sites is 6. The van der Waals surface area contributed by atoms with Gasteiger partial charge >= 0.3 is 0 Å². The number of hydrogen-bond donors (Lipinski definition) is 1. The second kappa shape index (κ2) is 20.5. The molecule has 6 heterocycles. The second-order valence-corrected chi connectivity index (χ2v) is 24.5. The van der Waals surface area contributed by atoms with E-state index in [1.54, 1.807) is 0 Å². The summed E-state index contributed by atoms with van der Waals surface area (Å²) in [6, 6.07) is 107. The highest BCUT2D eigenvalue weighted by atomic mass is 15.1. The van der Waals surface area contributed by atoms with Gasteiger partial charge in [0.15, 0.2) is 5.82 Å². The zero-order valence-electron chi connectivity index (χ0n) is 49.6. The molecule has 7 heteroatoms. The fraction of sp³-hybridized carbons (Fsp3) is 0.0476. The van der Waals surface area contributed by atoms with Crippen molar-refractivity contribution in [2.45, 2.75) is 18.4 Å². The first-order valence-corrected chi connectivity index (χ1v) is 31.6. The van der Waals surface area contributed by atoms with Crippen LogP contribution in [0.25, 0.3) is 156 Å². The van der Waals surface area contributed by atoms with E-state index in [1.807, 2.05) is 0 Å². The van der Waals surface area contributed by atoms with Crippen molar-refractivity contribution in [1.29, 1.82) is 0 Å². The maximum atomic E-state index is 5.40. The van der Waals surface area contributed by atoms with Crippen molar-refractivity contribution in [1.82, 2.24) is 33.6 Å². The van der Waals surface area contributed by atoms with E-state index in [0.717, 1.165) is 69.1 Å². The molecule has 0 saturated carbocycles. The minimum Gasteiger partial charge on any atom is -0.310 e. The number of nitrogens with one attached hydrogen (secondary N) is 1. The van der Waals surface area contributed by atoms with Crippen molar-refractivity contribution in [3.8, 4) is 67.8 Å². The van der Waals surface area contributed by atoms with Crippen molar-refractivity contribution in [3.63, 3.8) is 0 Å². The zero-order valence-corrected chi connectivity index (χ0v) is 49.6. The van der Waals surface area contributed by atoms with E-state index < -0.39 is 0 Å². The molecule has 2 atom stereocenters. The minimum atomic E-state index is 0.243. The molecule has 1 fully saturated rings. The van der Waals surface area contributed by atoms with Gasteiger partial charge in [0.05, 0.1) is 50.0 Å². The Morgan fingerprint density at radius 1 is 0.308 bits per heavy atom. The normalized spacial score (nSPS) is 14.6. The van der Waals surface area contributed by atoms with Crippen molar-refractivity contribution < 1.29 is 0 Å². The summed E-state index contributed by atoms with van der Waals surface area (Å²) in [6.07, 6.45) is 5.88. The van der Waals surface area contributed by atoms with E-state index in [4.69, 9.17) is 9.97 Å². The average Bonchev–Trinajstić information content (AvgIpc) is 1.63. The predicted molar refractivity (Wildman–Crippen MR) is 376 cm³/mol. The third-order valence-electron chi connectivity index (χ3n) is 19.2. The topological polar surface area (TPSA) is 67.4 Å². The molecule has 12 aromatic carbocycles. The Hall–Kier alpha value is -11.6. The Bertz CT molecular complexity index is 5920. The molecule has 428 valence electrons. The first-order valence-electron chi connectivity index (χ1n) is 31.6. The van der Waals surface area contributed by atoms with Crippen LogP contribution in [0.2, 0.25) is 0 Å². The van der Waals surface area contributed by atoms with Crippen LogP contribution in [0.3, 0.4) is 0 Å². The highest BCUT2D eigenvalue weighted by Crippen LogP contribution is 2.41. The number of nitrogens with zero attached hydrogens (tertiary/aromatic N) is 6. The number of fused-ring (bicyclic) bond motifs is 12. The van der Waals surface area contributed by atoms with Crippen molar-refractivity contribution >= 4 is 88.5 Å². The lowest BCUT2D eigenvalue weighted by Gasteiger charge is -2.15. The van der Waals surface area contributed by atoms with Gasteiger partial charge in [-0.15, -0.1) is 0 Å². The van der Waals surface area contributed by atoms with Crippen LogP contribution < -0.4 is 15.9 Å². The van der Waals surface area contributed by atoms with E-state index in [9.17, 15) is 0 Å². The number of benzene rings is 12. The predicted octanol–water partition coefficient (Wildman–Crippen LogP) is 18.8. The summed E-state index contributed by atoms with van der Waals surface area (Å²) in [5.41, 5.74) is 22.6. The molecule has 91 heavy (non-hydrogen) atoms. The van der Waals surface area contributed by atoms with Gasteiger partial charge < -0.3 is 23.6 Å². The lowest BCUT2D eigenvalue weighted by atomic mass is 9.90. The molecule has 1 aliphatic heterocycles. The summed E-state index contributed by atoms with van der Waals surface area (Å²) in [5.74, 6) is 0.921. The number of rotatable bonds is 10. The van der Waals surface area contributed by atoms with Gasteiger partial charge in [0.2, 0.25) is 0 Å². The molecule has 0 radical (unpaired) electrons. The second-order valence-electron chi connectivity index (χ2n) is 24.5. The summed E-state index contributed by atoms with van der Waals surface area (Å²) in [4.78, 5) is 10.8. The molecular formula is C84H57N7. The summed E-state index contributed by atoms with van der Waals surface area (Å²) in [7, 11) is 0. The highest BCUT2D eigenvalue weighted by molar-refractivity contribution is 6.13. The van der Waals surface area contributed by atoms with Crippen LogP contribution in [0.1, 0.15) is 29.5 Å². The summed E-state index contributed by atoms with van der Waals surface area (Å²) >= 11 is 0. The molecule has 1 aliphatic carbocycles. The van der Waals surface area contributed by atoms with Gasteiger partial charge in [-0.25, -0.2) is 9.97 Å². The Morgan fingerprint density at radius 3 is 1.31 bits per heavy atom. The third kappa shape index (κ3) is 8.39. The van der Waals surface area contributed by atoms with Crippen LogP contribution >= 0.6 is 0 Å². The Morgan fingerprint density at radius 2 is 0.747 bits per heavy atom. The van der Waals surface area contributed by atoms with Gasteiger partial charge in [0.25, 0.3) is 0 Å². The molecule has 5 aromatic heterocycles. The van der Waals surface area contributed by atoms with Crippen LogP contribution in [0.15, 0.2) is 291 Å². The smallest absolute Gasteiger partial charge is 0.160 e. The summed E-state index contributed by atoms with van der Waals surface area (Å²) in [6.45, 7) is 0.988. The lowest BCUT2D eigenvalue weighted by molar-refractivity contribution is 0.909. The molecule has 19 rings (SSSR count). The van der Waals surface area contributed by atoms with Gasteiger partial charge in [-0.05, 0) is 162 Å². The van der Waals surface area contributed by atoms with E-state index in [0.29, 0.717) is 11.9 Å². The number of aromatic nitrogens is 6. The Labute approximate surface area is 524 Å². The quantitative estimate of drug-likeness (QED) is 0.139. The molecule has 0 amide bonds. The molecule has 0 bridgehead atoms. The van der Waals surface area contributed by atoms with E-state index >= 15 is 0 Å². The van der Waals surface area contributed by atoms with Gasteiger partial charge in [0.1, 0.15) is 0 Å². The molecule has 2 aliphatic rings. The maximum absolute atomic E-state index is 5.40. The van der Waals surface area contributed by atoms with Crippen molar-refractivity contribution in [2.75, 3.05) is 6.54 Å². The van der Waals surface area contributed by atoms with Crippen LogP contribution in [-0.4, -0.2) is 34.8 Å². The summed E-state index contributed by atoms with van der Waals surface area (Å²) < 4.78 is 9.60. The Balaban J connectivity index is 0.668. The monoisotopic (exact) mass is 1160 g/mol. The SMILES string of the molecule is C1=c2c(n(-c3ccccc3)c3ccccc23)=CCC1c1ccc2c(c1)c1ccccc1n2-c1ccc(-c2cc(-c3cccc(C4CN4)c3)nc(-c3ccc(-n4c5ccccc5c5cc(-c6ccc7c(c6)c6ccccc6n7-c6ccccc6)ccc54)cc3)n2)cc1. The van der Waals surface area contributed by atoms with E-state index in [2.05, 4.69) is 327 Å². The molecular weight excluding hydrogens is 1110 g/mol. The lowest BCUT2D eigenvalue weighted by Crippen LogP contribution is -2.31. The molecule has 7 nitrogen and oxygen atoms in total. The summed E-state index contributed by atoms with van der Waals surface area (Å²) in [5, 5.41) is 14.8. The van der Waals surface area contributed by atoms with Gasteiger partial charge in [-0.1, -0.05) is 170 Å².